The van der Waals surface area contributed by atoms with Crippen LogP contribution >= 0.6 is 15.6 Å². The first-order chi connectivity index (χ1) is 46.6. The number of ether oxygens (including phenoxy) is 4. The molecule has 0 heterocycles. The maximum Gasteiger partial charge on any atom is 0.472 e. The van der Waals surface area contributed by atoms with Gasteiger partial charge in [-0.1, -0.05) is 344 Å². The largest absolute Gasteiger partial charge is 0.472 e. The van der Waals surface area contributed by atoms with Crippen molar-refractivity contribution in [2.24, 2.45) is 23.7 Å². The molecule has 19 heteroatoms. The SMILES string of the molecule is CCC(C)CCCCCCCCCCCCC(=O)OC[C@H](COP(=O)(O)OCC(O)COP(=O)(O)OC[C@@H](COC(=O)CCCCCCCCCC(C)C)OC(=O)CCCCCCCCCCCCCCCCCCCCC(C)C)OC(=O)CCCCCCCCCCCC(C)C. The van der Waals surface area contributed by atoms with Crippen molar-refractivity contribution < 1.29 is 80.2 Å². The summed E-state index contributed by atoms with van der Waals surface area (Å²) in [7, 11) is -9.92. The third-order valence-corrected chi connectivity index (χ3v) is 20.3. The summed E-state index contributed by atoms with van der Waals surface area (Å²) >= 11 is 0. The second-order valence-corrected chi connectivity index (χ2v) is 32.7. The summed E-state index contributed by atoms with van der Waals surface area (Å²) in [5.74, 6) is 0.951. The van der Waals surface area contributed by atoms with Gasteiger partial charge in [0, 0.05) is 25.7 Å². The van der Waals surface area contributed by atoms with Crippen LogP contribution in [0, 0.1) is 23.7 Å². The first-order valence-corrected chi connectivity index (χ1v) is 43.2. The van der Waals surface area contributed by atoms with E-state index in [1.165, 1.54) is 193 Å². The number of hydrogen-bond acceptors (Lipinski definition) is 15. The maximum absolute atomic E-state index is 13.1. The van der Waals surface area contributed by atoms with Crippen LogP contribution in [0.4, 0.5) is 0 Å². The van der Waals surface area contributed by atoms with E-state index in [1.807, 2.05) is 0 Å². The van der Waals surface area contributed by atoms with Crippen molar-refractivity contribution in [3.05, 3.63) is 0 Å². The molecule has 0 aliphatic carbocycles. The van der Waals surface area contributed by atoms with Crippen molar-refractivity contribution >= 4 is 39.5 Å². The molecule has 0 aliphatic heterocycles. The molecule has 6 atom stereocenters. The quantitative estimate of drug-likeness (QED) is 0.0222. The first-order valence-electron chi connectivity index (χ1n) is 40.2. The van der Waals surface area contributed by atoms with Gasteiger partial charge in [0.05, 0.1) is 26.4 Å². The normalized spacial score (nSPS) is 14.4. The molecule has 0 saturated heterocycles. The highest BCUT2D eigenvalue weighted by molar-refractivity contribution is 7.47. The lowest BCUT2D eigenvalue weighted by Crippen LogP contribution is -2.30. The van der Waals surface area contributed by atoms with Crippen molar-refractivity contribution in [1.29, 1.82) is 0 Å². The summed E-state index contributed by atoms with van der Waals surface area (Å²) in [5, 5.41) is 10.6. The predicted octanol–water partition coefficient (Wildman–Crippen LogP) is 22.8. The highest BCUT2D eigenvalue weighted by Crippen LogP contribution is 2.45. The molecule has 17 nitrogen and oxygen atoms in total. The Balaban J connectivity index is 5.19. The molecule has 576 valence electrons. The smallest absolute Gasteiger partial charge is 0.462 e. The fourth-order valence-electron chi connectivity index (χ4n) is 11.9. The Labute approximate surface area is 594 Å². The molecule has 0 bridgehead atoms. The second-order valence-electron chi connectivity index (χ2n) is 29.8. The summed E-state index contributed by atoms with van der Waals surface area (Å²) in [6, 6.07) is 0. The van der Waals surface area contributed by atoms with Gasteiger partial charge in [-0.2, -0.15) is 0 Å². The number of carbonyl (C=O) groups is 4. The van der Waals surface area contributed by atoms with E-state index >= 15 is 0 Å². The maximum atomic E-state index is 13.1. The molecule has 0 rings (SSSR count). The van der Waals surface area contributed by atoms with Crippen molar-refractivity contribution in [3.63, 3.8) is 0 Å². The third-order valence-electron chi connectivity index (χ3n) is 18.4. The predicted molar refractivity (Wildman–Crippen MR) is 395 cm³/mol. The average molecular weight is 1420 g/mol. The Morgan fingerprint density at radius 1 is 0.289 bits per heavy atom. The van der Waals surface area contributed by atoms with Crippen molar-refractivity contribution in [2.75, 3.05) is 39.6 Å². The van der Waals surface area contributed by atoms with Crippen molar-refractivity contribution in [2.45, 2.75) is 414 Å². The summed E-state index contributed by atoms with van der Waals surface area (Å²) < 4.78 is 68.6. The molecule has 0 aromatic rings. The van der Waals surface area contributed by atoms with E-state index < -0.39 is 97.5 Å². The number of hydrogen-bond donors (Lipinski definition) is 3. The van der Waals surface area contributed by atoms with Gasteiger partial charge in [0.1, 0.15) is 19.3 Å². The molecule has 0 fully saturated rings. The molecule has 0 aromatic carbocycles. The second kappa shape index (κ2) is 67.2. The van der Waals surface area contributed by atoms with E-state index in [9.17, 15) is 43.2 Å². The Kier molecular flexibility index (Phi) is 65.9. The summed E-state index contributed by atoms with van der Waals surface area (Å²) in [6.45, 7) is 14.2. The lowest BCUT2D eigenvalue weighted by molar-refractivity contribution is -0.161. The number of carbonyl (C=O) groups excluding carboxylic acids is 4. The minimum atomic E-state index is -4.96. The Hall–Kier alpha value is -1.94. The van der Waals surface area contributed by atoms with Gasteiger partial charge in [0.15, 0.2) is 12.2 Å². The molecule has 3 N–H and O–H groups in total. The molecular weight excluding hydrogens is 1270 g/mol. The summed E-state index contributed by atoms with van der Waals surface area (Å²) in [6.07, 6.45) is 52.8. The number of unbranched alkanes of at least 4 members (excludes halogenated alkanes) is 40. The van der Waals surface area contributed by atoms with Crippen LogP contribution in [0.25, 0.3) is 0 Å². The Bertz CT molecular complexity index is 1900. The van der Waals surface area contributed by atoms with Crippen molar-refractivity contribution in [1.82, 2.24) is 0 Å². The van der Waals surface area contributed by atoms with Gasteiger partial charge in [-0.3, -0.25) is 37.3 Å². The van der Waals surface area contributed by atoms with E-state index in [2.05, 4.69) is 55.4 Å². The van der Waals surface area contributed by atoms with Crippen LogP contribution in [-0.4, -0.2) is 96.7 Å². The number of phosphoric ester groups is 2. The van der Waals surface area contributed by atoms with E-state index in [-0.39, 0.29) is 25.7 Å². The van der Waals surface area contributed by atoms with Crippen LogP contribution in [0.2, 0.25) is 0 Å². The van der Waals surface area contributed by atoms with Gasteiger partial charge in [0.2, 0.25) is 0 Å². The van der Waals surface area contributed by atoms with E-state index in [0.29, 0.717) is 31.6 Å². The molecule has 4 unspecified atom stereocenters. The minimum Gasteiger partial charge on any atom is -0.462 e. The minimum absolute atomic E-state index is 0.105. The van der Waals surface area contributed by atoms with Crippen molar-refractivity contribution in [3.8, 4) is 0 Å². The van der Waals surface area contributed by atoms with Crippen LogP contribution in [0.1, 0.15) is 396 Å². The topological polar surface area (TPSA) is 237 Å². The van der Waals surface area contributed by atoms with Crippen LogP contribution in [0.15, 0.2) is 0 Å². The highest BCUT2D eigenvalue weighted by Gasteiger charge is 2.30. The molecular formula is C78H152O17P2. The van der Waals surface area contributed by atoms with Gasteiger partial charge < -0.3 is 33.8 Å². The standard InChI is InChI=1S/C78H152O17P2/c1-9-71(8)57-49-41-33-25-20-21-26-34-42-50-58-75(80)88-64-73(95-78(83)61-53-45-36-28-22-24-31-39-47-55-69(4)5)66-92-96(84,85)90-62-72(79)63-91-97(86,87)93-67-74(65-89-76(81)59-51-43-37-29-32-40-48-56-70(6)7)94-77(82)60-52-44-35-27-19-17-15-13-11-10-12-14-16-18-23-30-38-46-54-68(2)3/h68-74,79H,9-67H2,1-8H3,(H,84,85)(H,86,87)/t71?,72?,73-,74-/m1/s1. The molecule has 0 saturated carbocycles. The molecule has 0 amide bonds. The monoisotopic (exact) mass is 1420 g/mol. The average Bonchev–Trinajstić information content (AvgIpc) is 1.18. The Morgan fingerprint density at radius 3 is 0.732 bits per heavy atom. The zero-order valence-electron chi connectivity index (χ0n) is 63.7. The van der Waals surface area contributed by atoms with Crippen LogP contribution in [0.3, 0.4) is 0 Å². The number of phosphoric acid groups is 2. The summed E-state index contributed by atoms with van der Waals surface area (Å²) in [4.78, 5) is 72.8. The van der Waals surface area contributed by atoms with Crippen LogP contribution in [0.5, 0.6) is 0 Å². The highest BCUT2D eigenvalue weighted by atomic mass is 31.2. The van der Waals surface area contributed by atoms with Crippen LogP contribution in [-0.2, 0) is 65.4 Å². The van der Waals surface area contributed by atoms with E-state index in [0.717, 1.165) is 114 Å². The van der Waals surface area contributed by atoms with E-state index in [4.69, 9.17) is 37.0 Å². The van der Waals surface area contributed by atoms with Gasteiger partial charge in [-0.15, -0.1) is 0 Å². The lowest BCUT2D eigenvalue weighted by Gasteiger charge is -2.21. The number of aliphatic hydroxyl groups is 1. The zero-order valence-corrected chi connectivity index (χ0v) is 65.5. The number of aliphatic hydroxyl groups excluding tert-OH is 1. The molecule has 0 aliphatic rings. The van der Waals surface area contributed by atoms with Crippen LogP contribution < -0.4 is 0 Å². The number of rotatable bonds is 75. The zero-order chi connectivity index (χ0) is 71.7. The third kappa shape index (κ3) is 70.9. The van der Waals surface area contributed by atoms with E-state index in [1.54, 1.807) is 0 Å². The molecule has 0 aromatic heterocycles. The van der Waals surface area contributed by atoms with Gasteiger partial charge in [-0.25, -0.2) is 9.13 Å². The van der Waals surface area contributed by atoms with Gasteiger partial charge in [0.25, 0.3) is 0 Å². The summed E-state index contributed by atoms with van der Waals surface area (Å²) in [5.41, 5.74) is 0. The molecule has 0 spiro atoms. The fourth-order valence-corrected chi connectivity index (χ4v) is 13.5. The lowest BCUT2D eigenvalue weighted by atomic mass is 9.99. The van der Waals surface area contributed by atoms with Gasteiger partial charge in [-0.05, 0) is 49.4 Å². The first kappa shape index (κ1) is 95.1. The number of esters is 4. The fraction of sp³-hybridized carbons (Fsp3) is 0.949. The Morgan fingerprint density at radius 2 is 0.495 bits per heavy atom. The molecule has 0 radical (unpaired) electrons. The molecule has 97 heavy (non-hydrogen) atoms. The van der Waals surface area contributed by atoms with Gasteiger partial charge >= 0.3 is 39.5 Å².